The maximum Gasteiger partial charge on any atom is 0.328 e. The first-order valence-corrected chi connectivity index (χ1v) is 22.0. The average molecular weight is 880 g/mol. The number of hydrogen-bond donors (Lipinski definition) is 2. The summed E-state index contributed by atoms with van der Waals surface area (Å²) in [6.45, 7) is 3.37. The quantitative estimate of drug-likeness (QED) is 0.189. The number of thiazole rings is 1. The third-order valence-corrected chi connectivity index (χ3v) is 13.5. The van der Waals surface area contributed by atoms with Gasteiger partial charge in [0.15, 0.2) is 11.2 Å². The number of piperidine rings is 1. The lowest BCUT2D eigenvalue weighted by atomic mass is 9.97. The summed E-state index contributed by atoms with van der Waals surface area (Å²) < 4.78 is 49.4. The molecule has 2 N–H and O–H groups in total. The molecule has 5 aromatic rings. The minimum absolute atomic E-state index is 0.0845. The van der Waals surface area contributed by atoms with E-state index in [0.717, 1.165) is 30.8 Å². The van der Waals surface area contributed by atoms with Crippen molar-refractivity contribution < 1.29 is 32.3 Å². The number of urea groups is 1. The molecule has 0 radical (unpaired) electrons. The van der Waals surface area contributed by atoms with Crippen LogP contribution >= 0.6 is 11.3 Å². The molecule has 2 atom stereocenters. The van der Waals surface area contributed by atoms with Gasteiger partial charge in [0.05, 0.1) is 48.7 Å². The van der Waals surface area contributed by atoms with Crippen LogP contribution in [0.1, 0.15) is 58.3 Å². The molecule has 15 nitrogen and oxygen atoms in total. The maximum absolute atomic E-state index is 15.9. The van der Waals surface area contributed by atoms with E-state index in [-0.39, 0.29) is 49.6 Å². The predicted molar refractivity (Wildman–Crippen MR) is 228 cm³/mol. The van der Waals surface area contributed by atoms with E-state index in [1.165, 1.54) is 33.4 Å². The van der Waals surface area contributed by atoms with E-state index >= 15 is 13.2 Å². The SMILES string of the molecule is O=C1CCN(c2ccc(CN3CCC(N4CCN(c5ccc(-c6cc(F)c7c(c6)C(=O)N(C(C(=O)Nc6nccs6)c6ncn8c6CCC8)C7)cc5)CC4)C(F)(F)C3)nc2)C(=O)N1. The highest BCUT2D eigenvalue weighted by Gasteiger charge is 2.48. The zero-order valence-electron chi connectivity index (χ0n) is 34.2. The van der Waals surface area contributed by atoms with E-state index in [1.54, 1.807) is 41.0 Å². The monoisotopic (exact) mass is 879 g/mol. The molecule has 3 aromatic heterocycles. The van der Waals surface area contributed by atoms with Crippen LogP contribution in [0.5, 0.6) is 0 Å². The van der Waals surface area contributed by atoms with Gasteiger partial charge in [-0.15, -0.1) is 11.3 Å². The third-order valence-electron chi connectivity index (χ3n) is 12.8. The summed E-state index contributed by atoms with van der Waals surface area (Å²) >= 11 is 1.26. The second-order valence-electron chi connectivity index (χ2n) is 16.6. The highest BCUT2D eigenvalue weighted by Crippen LogP contribution is 2.39. The number of hydrogen-bond acceptors (Lipinski definition) is 11. The molecule has 3 saturated heterocycles. The summed E-state index contributed by atoms with van der Waals surface area (Å²) in [6, 6.07) is 11.7. The highest BCUT2D eigenvalue weighted by molar-refractivity contribution is 7.13. The molecule has 10 rings (SSSR count). The number of fused-ring (bicyclic) bond motifs is 2. The summed E-state index contributed by atoms with van der Waals surface area (Å²) in [7, 11) is 0. The van der Waals surface area contributed by atoms with Gasteiger partial charge in [0.25, 0.3) is 17.7 Å². The topological polar surface area (TPSA) is 152 Å². The number of amides is 5. The van der Waals surface area contributed by atoms with Gasteiger partial charge in [0, 0.05) is 92.9 Å². The van der Waals surface area contributed by atoms with Crippen molar-refractivity contribution in [2.45, 2.75) is 63.3 Å². The Kier molecular flexibility index (Phi) is 10.7. The van der Waals surface area contributed by atoms with Gasteiger partial charge in [0.1, 0.15) is 5.82 Å². The minimum Gasteiger partial charge on any atom is -0.369 e. The Bertz CT molecular complexity index is 2560. The van der Waals surface area contributed by atoms with Gasteiger partial charge in [0.2, 0.25) is 5.91 Å². The normalized spacial score (nSPS) is 20.8. The fourth-order valence-corrected chi connectivity index (χ4v) is 10.1. The van der Waals surface area contributed by atoms with Crippen molar-refractivity contribution in [3.63, 3.8) is 0 Å². The third kappa shape index (κ3) is 7.93. The Labute approximate surface area is 364 Å². The number of alkyl halides is 2. The number of anilines is 3. The van der Waals surface area contributed by atoms with E-state index in [2.05, 4.69) is 30.5 Å². The lowest BCUT2D eigenvalue weighted by Gasteiger charge is -2.46. The molecule has 0 aliphatic carbocycles. The van der Waals surface area contributed by atoms with Gasteiger partial charge < -0.3 is 14.4 Å². The summed E-state index contributed by atoms with van der Waals surface area (Å²) in [4.78, 5) is 73.4. The van der Waals surface area contributed by atoms with Gasteiger partial charge >= 0.3 is 6.03 Å². The van der Waals surface area contributed by atoms with E-state index < -0.39 is 41.7 Å². The molecular weight excluding hydrogens is 836 g/mol. The minimum atomic E-state index is -2.93. The molecule has 2 unspecified atom stereocenters. The molecule has 19 heteroatoms. The Hall–Kier alpha value is -6.18. The van der Waals surface area contributed by atoms with Crippen LogP contribution in [0, 0.1) is 5.82 Å². The van der Waals surface area contributed by atoms with Crippen LogP contribution in [0.15, 0.2) is 72.6 Å². The van der Waals surface area contributed by atoms with Crippen LogP contribution in [0.4, 0.5) is 34.5 Å². The molecule has 0 saturated carbocycles. The number of halogens is 3. The maximum atomic E-state index is 15.9. The number of pyridine rings is 1. The number of piperazine rings is 1. The summed E-state index contributed by atoms with van der Waals surface area (Å²) in [5, 5.41) is 7.24. The smallest absolute Gasteiger partial charge is 0.328 e. The lowest BCUT2D eigenvalue weighted by molar-refractivity contribution is -0.129. The molecule has 5 aliphatic rings. The van der Waals surface area contributed by atoms with Crippen LogP contribution in [-0.4, -0.2) is 116 Å². The second-order valence-corrected chi connectivity index (χ2v) is 17.5. The van der Waals surface area contributed by atoms with Crippen molar-refractivity contribution in [1.29, 1.82) is 0 Å². The van der Waals surface area contributed by atoms with Crippen LogP contribution in [0.25, 0.3) is 11.1 Å². The molecule has 326 valence electrons. The van der Waals surface area contributed by atoms with Crippen molar-refractivity contribution in [2.75, 3.05) is 60.9 Å². The van der Waals surface area contributed by atoms with Gasteiger partial charge in [-0.1, -0.05) is 12.1 Å². The Morgan fingerprint density at radius 3 is 2.46 bits per heavy atom. The van der Waals surface area contributed by atoms with E-state index in [0.29, 0.717) is 72.5 Å². The van der Waals surface area contributed by atoms with Crippen molar-refractivity contribution in [3.8, 4) is 11.1 Å². The van der Waals surface area contributed by atoms with E-state index in [4.69, 9.17) is 0 Å². The molecule has 0 spiro atoms. The first kappa shape index (κ1) is 40.9. The molecular formula is C44H44F3N11O4S. The van der Waals surface area contributed by atoms with Crippen molar-refractivity contribution in [3.05, 3.63) is 107 Å². The molecule has 8 heterocycles. The number of aryl methyl sites for hydroxylation is 1. The van der Waals surface area contributed by atoms with Gasteiger partial charge in [-0.05, 0) is 66.8 Å². The molecule has 63 heavy (non-hydrogen) atoms. The summed E-state index contributed by atoms with van der Waals surface area (Å²) in [5.74, 6) is -4.71. The lowest BCUT2D eigenvalue weighted by Crippen LogP contribution is -2.61. The van der Waals surface area contributed by atoms with Crippen molar-refractivity contribution in [2.24, 2.45) is 0 Å². The fraction of sp³-hybridized carbons (Fsp3) is 0.386. The number of imide groups is 1. The first-order valence-electron chi connectivity index (χ1n) is 21.1. The number of imidazole rings is 1. The van der Waals surface area contributed by atoms with Crippen molar-refractivity contribution >= 4 is 51.6 Å². The number of nitrogens with zero attached hydrogens (tertiary/aromatic N) is 9. The average Bonchev–Trinajstić information content (AvgIpc) is 4.10. The van der Waals surface area contributed by atoms with E-state index in [1.807, 2.05) is 33.7 Å². The predicted octanol–water partition coefficient (Wildman–Crippen LogP) is 5.30. The Balaban J connectivity index is 0.762. The Morgan fingerprint density at radius 2 is 1.73 bits per heavy atom. The number of benzene rings is 2. The number of carbonyl (C=O) groups is 4. The standard InChI is InChI=1S/C44H44F3N11O4S/c45-34-21-28(20-32-33(34)24-58(41(32)61)39(40(60)52-42-48-11-19-63-42)38-35-2-1-12-56(35)26-50-38)27-3-6-30(7-4-27)54-15-17-55(18-16-54)36-9-13-53(25-44(36,46)47)23-29-5-8-31(22-49-29)57-14-10-37(59)51-43(57)62/h3-8,11,19-22,26,36,39H,1-2,9-10,12-18,23-25H2,(H,48,52,60)(H,51,59,62). The van der Waals surface area contributed by atoms with Crippen LogP contribution < -0.4 is 20.4 Å². The zero-order valence-corrected chi connectivity index (χ0v) is 35.0. The first-order chi connectivity index (χ1) is 30.5. The largest absolute Gasteiger partial charge is 0.369 e. The zero-order chi connectivity index (χ0) is 43.4. The fourth-order valence-electron chi connectivity index (χ4n) is 9.61. The number of aromatic nitrogens is 4. The van der Waals surface area contributed by atoms with Crippen molar-refractivity contribution in [1.82, 2.24) is 39.5 Å². The number of carbonyl (C=O) groups excluding carboxylic acids is 4. The number of nitrogens with one attached hydrogen (secondary N) is 2. The van der Waals surface area contributed by atoms with Gasteiger partial charge in [-0.3, -0.25) is 44.7 Å². The van der Waals surface area contributed by atoms with Crippen LogP contribution in [0.3, 0.4) is 0 Å². The highest BCUT2D eigenvalue weighted by atomic mass is 32.1. The van der Waals surface area contributed by atoms with Gasteiger partial charge in [-0.25, -0.2) is 27.9 Å². The summed E-state index contributed by atoms with van der Waals surface area (Å²) in [6.07, 6.45) is 6.93. The molecule has 0 bridgehead atoms. The Morgan fingerprint density at radius 1 is 0.921 bits per heavy atom. The van der Waals surface area contributed by atoms with Crippen LogP contribution in [0.2, 0.25) is 0 Å². The summed E-state index contributed by atoms with van der Waals surface area (Å²) in [5.41, 5.74) is 5.11. The van der Waals surface area contributed by atoms with Crippen LogP contribution in [-0.2, 0) is 35.6 Å². The molecule has 5 amide bonds. The van der Waals surface area contributed by atoms with E-state index in [9.17, 15) is 19.2 Å². The number of rotatable bonds is 10. The van der Waals surface area contributed by atoms with Gasteiger partial charge in [-0.2, -0.15) is 0 Å². The number of likely N-dealkylation sites (tertiary alicyclic amines) is 1. The molecule has 3 fully saturated rings. The molecule has 2 aromatic carbocycles. The molecule has 5 aliphatic heterocycles. The second kappa shape index (κ2) is 16.5.